The van der Waals surface area contributed by atoms with Crippen LogP contribution in [-0.4, -0.2) is 58.2 Å². The predicted molar refractivity (Wildman–Crippen MR) is 95.5 cm³/mol. The second-order valence-corrected chi connectivity index (χ2v) is 7.64. The summed E-state index contributed by atoms with van der Waals surface area (Å²) in [7, 11) is 0. The molecular weight excluding hydrogens is 320 g/mol. The number of aliphatic carboxylic acids is 1. The quantitative estimate of drug-likeness (QED) is 0.906. The van der Waals surface area contributed by atoms with Crippen molar-refractivity contribution in [2.75, 3.05) is 19.6 Å². The standard InChI is InChI=1S/C19H28N2O4/c1-14-12-20(9-10-21(14)18(24)25-19(2,3)4)13-16-7-5-15(6-8-16)11-17(22)23/h5-8,14H,9-13H2,1-4H3,(H,22,23)/t14-/m0/s1. The number of rotatable bonds is 4. The lowest BCUT2D eigenvalue weighted by atomic mass is 10.1. The number of carbonyl (C=O) groups is 2. The summed E-state index contributed by atoms with van der Waals surface area (Å²) in [6.45, 7) is 10.7. The first-order valence-electron chi connectivity index (χ1n) is 8.65. The molecule has 0 radical (unpaired) electrons. The SMILES string of the molecule is C[C@H]1CN(Cc2ccc(CC(=O)O)cc2)CCN1C(=O)OC(C)(C)C. The van der Waals surface area contributed by atoms with Crippen LogP contribution in [0.4, 0.5) is 4.79 Å². The van der Waals surface area contributed by atoms with Crippen LogP contribution in [0.1, 0.15) is 38.8 Å². The minimum absolute atomic E-state index is 0.0475. The summed E-state index contributed by atoms with van der Waals surface area (Å²) >= 11 is 0. The molecule has 0 spiro atoms. The zero-order valence-electron chi connectivity index (χ0n) is 15.5. The first-order valence-corrected chi connectivity index (χ1v) is 8.65. The number of nitrogens with zero attached hydrogens (tertiary/aromatic N) is 2. The highest BCUT2D eigenvalue weighted by atomic mass is 16.6. The number of amides is 1. The van der Waals surface area contributed by atoms with Gasteiger partial charge < -0.3 is 14.7 Å². The van der Waals surface area contributed by atoms with E-state index in [4.69, 9.17) is 9.84 Å². The maximum atomic E-state index is 12.3. The molecule has 2 rings (SSSR count). The van der Waals surface area contributed by atoms with Gasteiger partial charge in [-0.2, -0.15) is 0 Å². The molecule has 1 atom stereocenters. The largest absolute Gasteiger partial charge is 0.481 e. The molecule has 1 amide bonds. The fraction of sp³-hybridized carbons (Fsp3) is 0.579. The lowest BCUT2D eigenvalue weighted by molar-refractivity contribution is -0.136. The van der Waals surface area contributed by atoms with Gasteiger partial charge in [0.15, 0.2) is 0 Å². The normalized spacial score (nSPS) is 18.9. The Hall–Kier alpha value is -2.08. The molecule has 1 saturated heterocycles. The highest BCUT2D eigenvalue weighted by Gasteiger charge is 2.30. The molecule has 1 heterocycles. The maximum absolute atomic E-state index is 12.3. The van der Waals surface area contributed by atoms with E-state index in [1.165, 1.54) is 0 Å². The molecule has 0 aromatic heterocycles. The fourth-order valence-corrected chi connectivity index (χ4v) is 2.96. The number of carbonyl (C=O) groups excluding carboxylic acids is 1. The van der Waals surface area contributed by atoms with Gasteiger partial charge in [0.1, 0.15) is 5.60 Å². The van der Waals surface area contributed by atoms with Crippen LogP contribution in [0.25, 0.3) is 0 Å². The Morgan fingerprint density at radius 1 is 1.16 bits per heavy atom. The van der Waals surface area contributed by atoms with Crippen molar-refractivity contribution in [3.05, 3.63) is 35.4 Å². The van der Waals surface area contributed by atoms with E-state index in [2.05, 4.69) is 4.90 Å². The number of benzene rings is 1. The molecule has 1 aliphatic rings. The zero-order valence-corrected chi connectivity index (χ0v) is 15.5. The van der Waals surface area contributed by atoms with Gasteiger partial charge in [-0.3, -0.25) is 9.69 Å². The fourth-order valence-electron chi connectivity index (χ4n) is 2.96. The summed E-state index contributed by atoms with van der Waals surface area (Å²) in [5.74, 6) is -0.820. The van der Waals surface area contributed by atoms with Crippen LogP contribution in [0, 0.1) is 0 Å². The Bertz CT molecular complexity index is 607. The van der Waals surface area contributed by atoms with Crippen LogP contribution < -0.4 is 0 Å². The van der Waals surface area contributed by atoms with E-state index in [-0.39, 0.29) is 18.6 Å². The number of hydrogen-bond acceptors (Lipinski definition) is 4. The molecule has 1 aliphatic heterocycles. The number of carboxylic acids is 1. The third-order valence-corrected chi connectivity index (χ3v) is 4.12. The summed E-state index contributed by atoms with van der Waals surface area (Å²) in [6, 6.07) is 7.77. The predicted octanol–water partition coefficient (Wildman–Crippen LogP) is 2.75. The Labute approximate surface area is 149 Å². The molecule has 6 heteroatoms. The first-order chi connectivity index (χ1) is 11.6. The molecule has 0 unspecified atom stereocenters. The molecule has 0 bridgehead atoms. The average Bonchev–Trinajstić information content (AvgIpc) is 2.47. The molecule has 138 valence electrons. The van der Waals surface area contributed by atoms with E-state index in [0.29, 0.717) is 6.54 Å². The van der Waals surface area contributed by atoms with Gasteiger partial charge in [-0.15, -0.1) is 0 Å². The molecule has 6 nitrogen and oxygen atoms in total. The van der Waals surface area contributed by atoms with Crippen LogP contribution in [0.3, 0.4) is 0 Å². The summed E-state index contributed by atoms with van der Waals surface area (Å²) in [5.41, 5.74) is 1.47. The Balaban J connectivity index is 1.88. The van der Waals surface area contributed by atoms with Crippen LogP contribution in [0.2, 0.25) is 0 Å². The van der Waals surface area contributed by atoms with Crippen molar-refractivity contribution in [2.24, 2.45) is 0 Å². The maximum Gasteiger partial charge on any atom is 0.410 e. The van der Waals surface area contributed by atoms with Crippen molar-refractivity contribution in [3.8, 4) is 0 Å². The molecule has 1 aromatic rings. The Morgan fingerprint density at radius 2 is 1.76 bits per heavy atom. The third kappa shape index (κ3) is 6.05. The van der Waals surface area contributed by atoms with Gasteiger partial charge in [0.2, 0.25) is 0 Å². The second-order valence-electron chi connectivity index (χ2n) is 7.64. The Morgan fingerprint density at radius 3 is 2.28 bits per heavy atom. The minimum Gasteiger partial charge on any atom is -0.481 e. The smallest absolute Gasteiger partial charge is 0.410 e. The summed E-state index contributed by atoms with van der Waals surface area (Å²) < 4.78 is 5.47. The van der Waals surface area contributed by atoms with E-state index in [9.17, 15) is 9.59 Å². The lowest BCUT2D eigenvalue weighted by Crippen LogP contribution is -2.54. The highest BCUT2D eigenvalue weighted by molar-refractivity contribution is 5.70. The van der Waals surface area contributed by atoms with Crippen molar-refractivity contribution >= 4 is 12.1 Å². The van der Waals surface area contributed by atoms with E-state index >= 15 is 0 Å². The molecule has 0 aliphatic carbocycles. The minimum atomic E-state index is -0.820. The van der Waals surface area contributed by atoms with Crippen molar-refractivity contribution < 1.29 is 19.4 Å². The van der Waals surface area contributed by atoms with Crippen LogP contribution in [-0.2, 0) is 22.5 Å². The molecule has 1 fully saturated rings. The highest BCUT2D eigenvalue weighted by Crippen LogP contribution is 2.17. The first kappa shape index (κ1) is 19.2. The van der Waals surface area contributed by atoms with Crippen molar-refractivity contribution in [1.82, 2.24) is 9.80 Å². The van der Waals surface area contributed by atoms with Gasteiger partial charge in [-0.05, 0) is 38.8 Å². The summed E-state index contributed by atoms with van der Waals surface area (Å²) in [4.78, 5) is 27.1. The molecule has 1 aromatic carbocycles. The molecule has 0 saturated carbocycles. The van der Waals surface area contributed by atoms with Crippen LogP contribution in [0.15, 0.2) is 24.3 Å². The van der Waals surface area contributed by atoms with Gasteiger partial charge in [0, 0.05) is 32.2 Å². The van der Waals surface area contributed by atoms with E-state index in [1.54, 1.807) is 4.90 Å². The molecular formula is C19H28N2O4. The topological polar surface area (TPSA) is 70.1 Å². The van der Waals surface area contributed by atoms with Crippen molar-refractivity contribution in [2.45, 2.75) is 52.3 Å². The summed E-state index contributed by atoms with van der Waals surface area (Å²) in [5, 5.41) is 8.82. The van der Waals surface area contributed by atoms with E-state index in [0.717, 1.165) is 30.8 Å². The number of piperazine rings is 1. The van der Waals surface area contributed by atoms with Gasteiger partial charge in [-0.25, -0.2) is 4.79 Å². The molecule has 1 N–H and O–H groups in total. The second kappa shape index (κ2) is 7.87. The van der Waals surface area contributed by atoms with Gasteiger partial charge >= 0.3 is 12.1 Å². The molecule has 25 heavy (non-hydrogen) atoms. The van der Waals surface area contributed by atoms with Gasteiger partial charge in [0.05, 0.1) is 6.42 Å². The summed E-state index contributed by atoms with van der Waals surface area (Å²) in [6.07, 6.45) is -0.205. The van der Waals surface area contributed by atoms with Crippen LogP contribution in [0.5, 0.6) is 0 Å². The van der Waals surface area contributed by atoms with Crippen LogP contribution >= 0.6 is 0 Å². The lowest BCUT2D eigenvalue weighted by Gasteiger charge is -2.40. The monoisotopic (exact) mass is 348 g/mol. The van der Waals surface area contributed by atoms with Gasteiger partial charge in [-0.1, -0.05) is 24.3 Å². The van der Waals surface area contributed by atoms with Gasteiger partial charge in [0.25, 0.3) is 0 Å². The Kier molecular flexibility index (Phi) is 6.06. The zero-order chi connectivity index (χ0) is 18.6. The van der Waals surface area contributed by atoms with Crippen molar-refractivity contribution in [1.29, 1.82) is 0 Å². The number of ether oxygens (including phenoxy) is 1. The number of carboxylic acid groups (broad SMARTS) is 1. The third-order valence-electron chi connectivity index (χ3n) is 4.12. The van der Waals surface area contributed by atoms with E-state index in [1.807, 2.05) is 52.0 Å². The number of hydrogen-bond donors (Lipinski definition) is 1. The average molecular weight is 348 g/mol. The van der Waals surface area contributed by atoms with E-state index < -0.39 is 11.6 Å². The van der Waals surface area contributed by atoms with Crippen molar-refractivity contribution in [3.63, 3.8) is 0 Å².